The van der Waals surface area contributed by atoms with Gasteiger partial charge in [-0.25, -0.2) is 0 Å². The third-order valence-electron chi connectivity index (χ3n) is 3.21. The van der Waals surface area contributed by atoms with Gasteiger partial charge in [0.05, 0.1) is 5.69 Å². The van der Waals surface area contributed by atoms with Crippen LogP contribution in [0.4, 0.5) is 0 Å². The minimum Gasteiger partial charge on any atom is -0.308 e. The van der Waals surface area contributed by atoms with E-state index < -0.39 is 0 Å². The van der Waals surface area contributed by atoms with Crippen molar-refractivity contribution in [3.8, 4) is 0 Å². The Morgan fingerprint density at radius 1 is 1.40 bits per heavy atom. The van der Waals surface area contributed by atoms with Crippen molar-refractivity contribution < 1.29 is 0 Å². The van der Waals surface area contributed by atoms with E-state index >= 15 is 0 Å². The van der Waals surface area contributed by atoms with Gasteiger partial charge in [0.25, 0.3) is 0 Å². The molecule has 0 spiro atoms. The van der Waals surface area contributed by atoms with Gasteiger partial charge in [-0.2, -0.15) is 5.10 Å². The highest BCUT2D eigenvalue weighted by molar-refractivity contribution is 5.00. The molecular weight excluding hydrogens is 186 g/mol. The summed E-state index contributed by atoms with van der Waals surface area (Å²) in [4.78, 5) is 0. The van der Waals surface area contributed by atoms with Crippen LogP contribution in [-0.4, -0.2) is 15.8 Å². The number of hydrogen-bond donors (Lipinski definition) is 1. The maximum Gasteiger partial charge on any atom is 0.0522 e. The number of nitrogens with one attached hydrogen (secondary N) is 1. The molecule has 86 valence electrons. The summed E-state index contributed by atoms with van der Waals surface area (Å²) in [5.41, 5.74) is 1.27. The lowest BCUT2D eigenvalue weighted by molar-refractivity contribution is 0.383. The lowest BCUT2D eigenvalue weighted by Gasteiger charge is -2.20. The summed E-state index contributed by atoms with van der Waals surface area (Å²) < 4.78 is 2.04. The Balaban J connectivity index is 2.43. The number of hydrogen-bond acceptors (Lipinski definition) is 2. The molecule has 0 aromatic carbocycles. The number of rotatable bonds is 6. The van der Waals surface area contributed by atoms with Crippen molar-refractivity contribution in [2.75, 3.05) is 0 Å². The highest BCUT2D eigenvalue weighted by atomic mass is 15.3. The topological polar surface area (TPSA) is 29.9 Å². The van der Waals surface area contributed by atoms with E-state index in [0.717, 1.165) is 19.0 Å². The van der Waals surface area contributed by atoms with Crippen molar-refractivity contribution in [1.29, 1.82) is 0 Å². The Labute approximate surface area is 92.9 Å². The SMILES string of the molecule is CCC(C)C(C)NCc1ccnn1CC. The maximum absolute atomic E-state index is 4.25. The summed E-state index contributed by atoms with van der Waals surface area (Å²) in [6, 6.07) is 2.65. The fraction of sp³-hybridized carbons (Fsp3) is 0.750. The van der Waals surface area contributed by atoms with Crippen LogP contribution in [-0.2, 0) is 13.1 Å². The zero-order chi connectivity index (χ0) is 11.3. The molecule has 1 aromatic rings. The van der Waals surface area contributed by atoms with Gasteiger partial charge in [0, 0.05) is 25.3 Å². The van der Waals surface area contributed by atoms with E-state index in [1.807, 2.05) is 10.9 Å². The van der Waals surface area contributed by atoms with Crippen LogP contribution in [0.5, 0.6) is 0 Å². The molecule has 1 N–H and O–H groups in total. The first-order valence-electron chi connectivity index (χ1n) is 5.93. The smallest absolute Gasteiger partial charge is 0.0522 e. The van der Waals surface area contributed by atoms with E-state index in [-0.39, 0.29) is 0 Å². The molecule has 3 heteroatoms. The lowest BCUT2D eigenvalue weighted by atomic mass is 10.0. The van der Waals surface area contributed by atoms with Crippen LogP contribution in [0, 0.1) is 5.92 Å². The van der Waals surface area contributed by atoms with Gasteiger partial charge in [-0.1, -0.05) is 20.3 Å². The van der Waals surface area contributed by atoms with Gasteiger partial charge in [0.15, 0.2) is 0 Å². The summed E-state index contributed by atoms with van der Waals surface area (Å²) in [6.45, 7) is 10.8. The third kappa shape index (κ3) is 3.34. The van der Waals surface area contributed by atoms with E-state index in [1.165, 1.54) is 12.1 Å². The van der Waals surface area contributed by atoms with Crippen molar-refractivity contribution in [2.45, 2.75) is 53.2 Å². The average molecular weight is 209 g/mol. The molecule has 0 fully saturated rings. The molecule has 0 aliphatic rings. The molecule has 3 nitrogen and oxygen atoms in total. The van der Waals surface area contributed by atoms with Crippen molar-refractivity contribution in [1.82, 2.24) is 15.1 Å². The number of aryl methyl sites for hydroxylation is 1. The van der Waals surface area contributed by atoms with Crippen LogP contribution in [0.25, 0.3) is 0 Å². The molecule has 0 radical (unpaired) electrons. The zero-order valence-corrected chi connectivity index (χ0v) is 10.3. The second-order valence-electron chi connectivity index (χ2n) is 4.19. The number of aromatic nitrogens is 2. The summed E-state index contributed by atoms with van der Waals surface area (Å²) in [5.74, 6) is 0.725. The van der Waals surface area contributed by atoms with Gasteiger partial charge < -0.3 is 5.32 Å². The van der Waals surface area contributed by atoms with E-state index in [9.17, 15) is 0 Å². The van der Waals surface area contributed by atoms with E-state index in [0.29, 0.717) is 6.04 Å². The second-order valence-corrected chi connectivity index (χ2v) is 4.19. The van der Waals surface area contributed by atoms with E-state index in [1.54, 1.807) is 0 Å². The monoisotopic (exact) mass is 209 g/mol. The van der Waals surface area contributed by atoms with Gasteiger partial charge in [0.2, 0.25) is 0 Å². The molecule has 1 rings (SSSR count). The van der Waals surface area contributed by atoms with Crippen molar-refractivity contribution >= 4 is 0 Å². The normalized spacial score (nSPS) is 15.2. The molecule has 0 aliphatic carbocycles. The number of nitrogens with zero attached hydrogens (tertiary/aromatic N) is 2. The fourth-order valence-electron chi connectivity index (χ4n) is 1.62. The highest BCUT2D eigenvalue weighted by Crippen LogP contribution is 2.07. The van der Waals surface area contributed by atoms with Crippen molar-refractivity contribution in [3.05, 3.63) is 18.0 Å². The van der Waals surface area contributed by atoms with Gasteiger partial charge in [-0.15, -0.1) is 0 Å². The first-order valence-corrected chi connectivity index (χ1v) is 5.93. The molecule has 15 heavy (non-hydrogen) atoms. The summed E-state index contributed by atoms with van der Waals surface area (Å²) in [5, 5.41) is 7.80. The van der Waals surface area contributed by atoms with E-state index in [2.05, 4.69) is 44.2 Å². The summed E-state index contributed by atoms with van der Waals surface area (Å²) in [7, 11) is 0. The average Bonchev–Trinajstić information content (AvgIpc) is 2.71. The molecule has 1 aromatic heterocycles. The Morgan fingerprint density at radius 3 is 2.73 bits per heavy atom. The first kappa shape index (κ1) is 12.2. The van der Waals surface area contributed by atoms with Crippen LogP contribution in [0.1, 0.15) is 39.8 Å². The Bertz CT molecular complexity index is 280. The van der Waals surface area contributed by atoms with Gasteiger partial charge in [-0.3, -0.25) is 4.68 Å². The summed E-state index contributed by atoms with van der Waals surface area (Å²) >= 11 is 0. The molecule has 0 amide bonds. The van der Waals surface area contributed by atoms with Gasteiger partial charge in [0.1, 0.15) is 0 Å². The Morgan fingerprint density at radius 2 is 2.13 bits per heavy atom. The molecule has 1 heterocycles. The van der Waals surface area contributed by atoms with Crippen LogP contribution in [0.3, 0.4) is 0 Å². The van der Waals surface area contributed by atoms with Crippen molar-refractivity contribution in [2.24, 2.45) is 5.92 Å². The van der Waals surface area contributed by atoms with E-state index in [4.69, 9.17) is 0 Å². The molecule has 2 unspecified atom stereocenters. The zero-order valence-electron chi connectivity index (χ0n) is 10.3. The third-order valence-corrected chi connectivity index (χ3v) is 3.21. The quantitative estimate of drug-likeness (QED) is 0.780. The molecule has 0 saturated heterocycles. The van der Waals surface area contributed by atoms with Crippen LogP contribution < -0.4 is 5.32 Å². The highest BCUT2D eigenvalue weighted by Gasteiger charge is 2.10. The molecular formula is C12H23N3. The fourth-order valence-corrected chi connectivity index (χ4v) is 1.62. The maximum atomic E-state index is 4.25. The minimum absolute atomic E-state index is 0.565. The van der Waals surface area contributed by atoms with Gasteiger partial charge in [-0.05, 0) is 25.8 Å². The van der Waals surface area contributed by atoms with Crippen LogP contribution in [0.15, 0.2) is 12.3 Å². The van der Waals surface area contributed by atoms with Crippen LogP contribution >= 0.6 is 0 Å². The Hall–Kier alpha value is -0.830. The largest absolute Gasteiger partial charge is 0.308 e. The predicted octanol–water partition coefficient (Wildman–Crippen LogP) is 2.43. The van der Waals surface area contributed by atoms with Crippen LogP contribution in [0.2, 0.25) is 0 Å². The molecule has 2 atom stereocenters. The molecule has 0 aliphatic heterocycles. The Kier molecular flexibility index (Phi) is 4.82. The molecule has 0 saturated carbocycles. The standard InChI is InChI=1S/C12H23N3/c1-5-10(3)11(4)13-9-12-7-8-14-15(12)6-2/h7-8,10-11,13H,5-6,9H2,1-4H3. The van der Waals surface area contributed by atoms with Gasteiger partial charge >= 0.3 is 0 Å². The lowest BCUT2D eigenvalue weighted by Crippen LogP contribution is -2.32. The van der Waals surface area contributed by atoms with Crippen molar-refractivity contribution in [3.63, 3.8) is 0 Å². The minimum atomic E-state index is 0.565. The first-order chi connectivity index (χ1) is 7.19. The predicted molar refractivity (Wildman–Crippen MR) is 63.7 cm³/mol. The molecule has 0 bridgehead atoms. The summed E-state index contributed by atoms with van der Waals surface area (Å²) in [6.07, 6.45) is 3.09. The second kappa shape index (κ2) is 5.91.